The summed E-state index contributed by atoms with van der Waals surface area (Å²) in [5.74, 6) is -0.754. The van der Waals surface area contributed by atoms with E-state index in [0.29, 0.717) is 18.9 Å². The Kier molecular flexibility index (Phi) is 5.16. The van der Waals surface area contributed by atoms with Crippen molar-refractivity contribution in [3.05, 3.63) is 29.8 Å². The van der Waals surface area contributed by atoms with Crippen LogP contribution in [-0.2, 0) is 4.79 Å². The van der Waals surface area contributed by atoms with Gasteiger partial charge in [-0.3, -0.25) is 9.69 Å². The van der Waals surface area contributed by atoms with Gasteiger partial charge in [-0.05, 0) is 37.6 Å². The minimum absolute atomic E-state index is 0.195. The normalized spacial score (nSPS) is 19.1. The van der Waals surface area contributed by atoms with E-state index in [1.54, 1.807) is 12.1 Å². The number of hydrogen-bond acceptors (Lipinski definition) is 4. The minimum atomic E-state index is -0.981. The molecule has 0 radical (unpaired) electrons. The minimum Gasteiger partial charge on any atom is -0.492 e. The first kappa shape index (κ1) is 15.3. The highest BCUT2D eigenvalue weighted by molar-refractivity contribution is 5.88. The van der Waals surface area contributed by atoms with Crippen LogP contribution in [0.4, 0.5) is 0 Å². The zero-order valence-electron chi connectivity index (χ0n) is 11.8. The highest BCUT2D eigenvalue weighted by Crippen LogP contribution is 2.17. The molecule has 3 N–H and O–H groups in total. The number of nitrogens with two attached hydrogens (primary N) is 1. The van der Waals surface area contributed by atoms with E-state index in [9.17, 15) is 9.59 Å². The van der Waals surface area contributed by atoms with Crippen LogP contribution in [0.3, 0.4) is 0 Å². The average molecular weight is 292 g/mol. The van der Waals surface area contributed by atoms with Gasteiger partial charge in [0, 0.05) is 6.54 Å². The molecular formula is C15H20N2O4. The molecular weight excluding hydrogens is 272 g/mol. The number of hydrogen-bond donors (Lipinski definition) is 2. The third kappa shape index (κ3) is 4.19. The molecule has 1 aliphatic heterocycles. The van der Waals surface area contributed by atoms with Crippen LogP contribution in [0.1, 0.15) is 29.6 Å². The van der Waals surface area contributed by atoms with Crippen LogP contribution < -0.4 is 10.5 Å². The SMILES string of the molecule is NC(=O)C1CCCCN1CCOc1cccc(C(=O)O)c1. The molecule has 6 heteroatoms. The zero-order valence-corrected chi connectivity index (χ0v) is 11.8. The molecule has 2 rings (SSSR count). The van der Waals surface area contributed by atoms with E-state index in [1.165, 1.54) is 12.1 Å². The summed E-state index contributed by atoms with van der Waals surface area (Å²) < 4.78 is 5.57. The van der Waals surface area contributed by atoms with Gasteiger partial charge in [0.1, 0.15) is 12.4 Å². The maximum Gasteiger partial charge on any atom is 0.335 e. The Hall–Kier alpha value is -2.08. The number of ether oxygens (including phenoxy) is 1. The molecule has 6 nitrogen and oxygen atoms in total. The monoisotopic (exact) mass is 292 g/mol. The molecule has 1 aliphatic rings. The van der Waals surface area contributed by atoms with Gasteiger partial charge in [0.05, 0.1) is 11.6 Å². The Morgan fingerprint density at radius 3 is 2.90 bits per heavy atom. The number of carbonyl (C=O) groups excluding carboxylic acids is 1. The second-order valence-corrected chi connectivity index (χ2v) is 5.13. The second-order valence-electron chi connectivity index (χ2n) is 5.13. The van der Waals surface area contributed by atoms with Gasteiger partial charge in [0.25, 0.3) is 0 Å². The van der Waals surface area contributed by atoms with Gasteiger partial charge in [-0.2, -0.15) is 0 Å². The zero-order chi connectivity index (χ0) is 15.2. The Labute approximate surface area is 123 Å². The van der Waals surface area contributed by atoms with Crippen LogP contribution in [0, 0.1) is 0 Å². The summed E-state index contributed by atoms with van der Waals surface area (Å²) in [4.78, 5) is 24.3. The largest absolute Gasteiger partial charge is 0.492 e. The molecule has 0 aromatic heterocycles. The first-order chi connectivity index (χ1) is 10.1. The molecule has 1 heterocycles. The van der Waals surface area contributed by atoms with Gasteiger partial charge >= 0.3 is 5.97 Å². The molecule has 0 bridgehead atoms. The Bertz CT molecular complexity index is 518. The fraction of sp³-hybridized carbons (Fsp3) is 0.467. The van der Waals surface area contributed by atoms with Crippen LogP contribution in [0.25, 0.3) is 0 Å². The summed E-state index contributed by atoms with van der Waals surface area (Å²) in [7, 11) is 0. The Balaban J connectivity index is 1.87. The number of primary amides is 1. The molecule has 0 aliphatic carbocycles. The van der Waals surface area contributed by atoms with Crippen molar-refractivity contribution < 1.29 is 19.4 Å². The molecule has 0 spiro atoms. The maximum absolute atomic E-state index is 11.4. The van der Waals surface area contributed by atoms with Crippen molar-refractivity contribution >= 4 is 11.9 Å². The highest BCUT2D eigenvalue weighted by atomic mass is 16.5. The van der Waals surface area contributed by atoms with Crippen LogP contribution >= 0.6 is 0 Å². The van der Waals surface area contributed by atoms with E-state index < -0.39 is 5.97 Å². The van der Waals surface area contributed by atoms with Gasteiger partial charge in [-0.25, -0.2) is 4.79 Å². The van der Waals surface area contributed by atoms with E-state index in [0.717, 1.165) is 25.8 Å². The van der Waals surface area contributed by atoms with Gasteiger partial charge in [0.15, 0.2) is 0 Å². The molecule has 1 saturated heterocycles. The summed E-state index contributed by atoms with van der Waals surface area (Å²) in [6.07, 6.45) is 2.87. The lowest BCUT2D eigenvalue weighted by molar-refractivity contribution is -0.124. The van der Waals surface area contributed by atoms with Gasteiger partial charge < -0.3 is 15.6 Å². The summed E-state index contributed by atoms with van der Waals surface area (Å²) in [6, 6.07) is 6.15. The fourth-order valence-electron chi connectivity index (χ4n) is 2.58. The van der Waals surface area contributed by atoms with Crippen LogP contribution in [0.5, 0.6) is 5.75 Å². The van der Waals surface area contributed by atoms with Gasteiger partial charge in [-0.15, -0.1) is 0 Å². The molecule has 1 fully saturated rings. The summed E-state index contributed by atoms with van der Waals surface area (Å²) in [5, 5.41) is 8.92. The fourth-order valence-corrected chi connectivity index (χ4v) is 2.58. The summed E-state index contributed by atoms with van der Waals surface area (Å²) in [6.45, 7) is 1.84. The lowest BCUT2D eigenvalue weighted by Gasteiger charge is -2.33. The lowest BCUT2D eigenvalue weighted by Crippen LogP contribution is -2.48. The maximum atomic E-state index is 11.4. The quantitative estimate of drug-likeness (QED) is 0.819. The first-order valence-electron chi connectivity index (χ1n) is 7.07. The number of carbonyl (C=O) groups is 2. The third-order valence-corrected chi connectivity index (χ3v) is 3.67. The van der Waals surface area contributed by atoms with E-state index in [-0.39, 0.29) is 17.5 Å². The topological polar surface area (TPSA) is 92.9 Å². The molecule has 1 atom stereocenters. The number of benzene rings is 1. The van der Waals surface area contributed by atoms with Crippen molar-refractivity contribution in [3.63, 3.8) is 0 Å². The van der Waals surface area contributed by atoms with Gasteiger partial charge in [0.2, 0.25) is 5.91 Å². The number of aromatic carboxylic acids is 1. The smallest absolute Gasteiger partial charge is 0.335 e. The van der Waals surface area contributed by atoms with Crippen LogP contribution in [0.15, 0.2) is 24.3 Å². The number of rotatable bonds is 6. The van der Waals surface area contributed by atoms with Crippen molar-refractivity contribution in [2.75, 3.05) is 19.7 Å². The van der Waals surface area contributed by atoms with Crippen molar-refractivity contribution in [3.8, 4) is 5.75 Å². The number of amides is 1. The molecule has 0 saturated carbocycles. The van der Waals surface area contributed by atoms with E-state index in [1.807, 2.05) is 4.90 Å². The summed E-state index contributed by atoms with van der Waals surface area (Å²) in [5.41, 5.74) is 5.60. The van der Waals surface area contributed by atoms with Crippen LogP contribution in [0.2, 0.25) is 0 Å². The van der Waals surface area contributed by atoms with Crippen molar-refractivity contribution in [1.29, 1.82) is 0 Å². The highest BCUT2D eigenvalue weighted by Gasteiger charge is 2.26. The predicted octanol–water partition coefficient (Wildman–Crippen LogP) is 1.10. The molecule has 1 aromatic carbocycles. The molecule has 1 aromatic rings. The van der Waals surface area contributed by atoms with Crippen molar-refractivity contribution in [2.45, 2.75) is 25.3 Å². The van der Waals surface area contributed by atoms with E-state index in [2.05, 4.69) is 0 Å². The standard InChI is InChI=1S/C15H20N2O4/c16-14(18)13-6-1-2-7-17(13)8-9-21-12-5-3-4-11(10-12)15(19)20/h3-5,10,13H,1-2,6-9H2,(H2,16,18)(H,19,20). The molecule has 114 valence electrons. The lowest BCUT2D eigenvalue weighted by atomic mass is 10.0. The van der Waals surface area contributed by atoms with Gasteiger partial charge in [-0.1, -0.05) is 12.5 Å². The average Bonchev–Trinajstić information content (AvgIpc) is 2.48. The van der Waals surface area contributed by atoms with Crippen LogP contribution in [-0.4, -0.2) is 47.6 Å². The predicted molar refractivity (Wildman–Crippen MR) is 77.3 cm³/mol. The second kappa shape index (κ2) is 7.08. The van der Waals surface area contributed by atoms with E-state index >= 15 is 0 Å². The Morgan fingerprint density at radius 2 is 2.19 bits per heavy atom. The van der Waals surface area contributed by atoms with Crippen molar-refractivity contribution in [2.24, 2.45) is 5.73 Å². The summed E-state index contributed by atoms with van der Waals surface area (Å²) >= 11 is 0. The number of piperidine rings is 1. The number of carboxylic acid groups (broad SMARTS) is 1. The Morgan fingerprint density at radius 1 is 1.38 bits per heavy atom. The number of nitrogens with zero attached hydrogens (tertiary/aromatic N) is 1. The molecule has 1 amide bonds. The number of likely N-dealkylation sites (tertiary alicyclic amines) is 1. The molecule has 21 heavy (non-hydrogen) atoms. The molecule has 1 unspecified atom stereocenters. The first-order valence-corrected chi connectivity index (χ1v) is 7.07. The number of carboxylic acids is 1. The van der Waals surface area contributed by atoms with E-state index in [4.69, 9.17) is 15.6 Å². The third-order valence-electron chi connectivity index (χ3n) is 3.67. The van der Waals surface area contributed by atoms with Crippen molar-refractivity contribution in [1.82, 2.24) is 4.90 Å².